The molecule has 3 atom stereocenters. The van der Waals surface area contributed by atoms with Gasteiger partial charge in [-0.25, -0.2) is 0 Å². The molecule has 0 bridgehead atoms. The molecule has 2 rings (SSSR count). The second-order valence-corrected chi connectivity index (χ2v) is 5.61. The van der Waals surface area contributed by atoms with E-state index in [9.17, 15) is 9.59 Å². The number of carboxylic acids is 1. The number of hydrogen-bond acceptors (Lipinski definition) is 3. The summed E-state index contributed by atoms with van der Waals surface area (Å²) in [6.07, 6.45) is 2.88. The van der Waals surface area contributed by atoms with Crippen LogP contribution >= 0.6 is 0 Å². The highest BCUT2D eigenvalue weighted by molar-refractivity contribution is 5.80. The van der Waals surface area contributed by atoms with Gasteiger partial charge in [0.05, 0.1) is 12.5 Å². The summed E-state index contributed by atoms with van der Waals surface area (Å²) in [5.74, 6) is -1.07. The van der Waals surface area contributed by atoms with Crippen LogP contribution < -0.4 is 0 Å². The lowest BCUT2D eigenvalue weighted by molar-refractivity contribution is -0.141. The quantitative estimate of drug-likeness (QED) is 0.809. The normalized spacial score (nSPS) is 33.0. The third kappa shape index (κ3) is 2.66. The Morgan fingerprint density at radius 3 is 2.28 bits per heavy atom. The number of carbonyl (C=O) groups excluding carboxylic acids is 1. The summed E-state index contributed by atoms with van der Waals surface area (Å²) in [7, 11) is 0. The summed E-state index contributed by atoms with van der Waals surface area (Å²) in [5.41, 5.74) is 0. The average molecular weight is 254 g/mol. The summed E-state index contributed by atoms with van der Waals surface area (Å²) in [6, 6.07) is 0.920. The van der Waals surface area contributed by atoms with Gasteiger partial charge in [0.25, 0.3) is 0 Å². The lowest BCUT2D eigenvalue weighted by Crippen LogP contribution is -2.43. The van der Waals surface area contributed by atoms with Gasteiger partial charge in [0.2, 0.25) is 5.91 Å². The molecule has 5 heteroatoms. The molecular weight excluding hydrogens is 232 g/mol. The van der Waals surface area contributed by atoms with Gasteiger partial charge in [-0.05, 0) is 33.1 Å². The largest absolute Gasteiger partial charge is 0.481 e. The van der Waals surface area contributed by atoms with E-state index in [1.807, 2.05) is 0 Å². The van der Waals surface area contributed by atoms with E-state index in [1.54, 1.807) is 4.90 Å². The lowest BCUT2D eigenvalue weighted by Gasteiger charge is -2.27. The zero-order valence-electron chi connectivity index (χ0n) is 11.1. The molecule has 0 aromatic heterocycles. The van der Waals surface area contributed by atoms with Gasteiger partial charge < -0.3 is 10.0 Å². The van der Waals surface area contributed by atoms with Crippen molar-refractivity contribution in [2.75, 3.05) is 19.6 Å². The Balaban J connectivity index is 1.87. The molecule has 1 amide bonds. The molecule has 18 heavy (non-hydrogen) atoms. The molecule has 2 heterocycles. The van der Waals surface area contributed by atoms with Gasteiger partial charge in [-0.2, -0.15) is 0 Å². The van der Waals surface area contributed by atoms with Crippen molar-refractivity contribution in [3.8, 4) is 0 Å². The molecule has 2 fully saturated rings. The number of carboxylic acid groups (broad SMARTS) is 1. The zero-order chi connectivity index (χ0) is 13.3. The molecule has 1 N–H and O–H groups in total. The molecule has 0 aliphatic carbocycles. The Morgan fingerprint density at radius 1 is 1.17 bits per heavy atom. The summed E-state index contributed by atoms with van der Waals surface area (Å²) < 4.78 is 0. The van der Waals surface area contributed by atoms with Crippen LogP contribution in [0.4, 0.5) is 0 Å². The Bertz CT molecular complexity index is 335. The topological polar surface area (TPSA) is 60.9 Å². The number of aliphatic carboxylic acids is 1. The molecule has 3 unspecified atom stereocenters. The molecule has 0 aromatic carbocycles. The number of nitrogens with zero attached hydrogens (tertiary/aromatic N) is 2. The van der Waals surface area contributed by atoms with Crippen molar-refractivity contribution in [2.24, 2.45) is 5.92 Å². The Kier molecular flexibility index (Phi) is 3.90. The fourth-order valence-corrected chi connectivity index (χ4v) is 3.00. The SMILES string of the molecule is CC1CCC(C)N1CC(=O)N1CCC(C(=O)O)C1. The number of carbonyl (C=O) groups is 2. The first-order chi connectivity index (χ1) is 8.49. The predicted molar refractivity (Wildman–Crippen MR) is 67.2 cm³/mol. The Labute approximate surface area is 108 Å². The van der Waals surface area contributed by atoms with E-state index in [2.05, 4.69) is 18.7 Å². The minimum atomic E-state index is -0.784. The summed E-state index contributed by atoms with van der Waals surface area (Å²) in [4.78, 5) is 27.0. The number of rotatable bonds is 3. The Morgan fingerprint density at radius 2 is 1.78 bits per heavy atom. The fourth-order valence-electron chi connectivity index (χ4n) is 3.00. The molecule has 2 aliphatic heterocycles. The van der Waals surface area contributed by atoms with Crippen molar-refractivity contribution in [3.63, 3.8) is 0 Å². The van der Waals surface area contributed by atoms with Crippen molar-refractivity contribution in [3.05, 3.63) is 0 Å². The van der Waals surface area contributed by atoms with Gasteiger partial charge in [0, 0.05) is 25.2 Å². The molecular formula is C13H22N2O3. The zero-order valence-corrected chi connectivity index (χ0v) is 11.1. The molecule has 2 saturated heterocycles. The number of amides is 1. The summed E-state index contributed by atoms with van der Waals surface area (Å²) in [6.45, 7) is 5.72. The van der Waals surface area contributed by atoms with Crippen LogP contribution in [0.25, 0.3) is 0 Å². The van der Waals surface area contributed by atoms with E-state index in [-0.39, 0.29) is 11.8 Å². The minimum Gasteiger partial charge on any atom is -0.481 e. The lowest BCUT2D eigenvalue weighted by atomic mass is 10.1. The van der Waals surface area contributed by atoms with Gasteiger partial charge in [0.15, 0.2) is 0 Å². The molecule has 0 spiro atoms. The van der Waals surface area contributed by atoms with Crippen molar-refractivity contribution in [2.45, 2.75) is 45.2 Å². The smallest absolute Gasteiger partial charge is 0.308 e. The second kappa shape index (κ2) is 5.26. The molecule has 102 valence electrons. The van der Waals surface area contributed by atoms with Crippen LogP contribution in [0.5, 0.6) is 0 Å². The fraction of sp³-hybridized carbons (Fsp3) is 0.846. The monoisotopic (exact) mass is 254 g/mol. The van der Waals surface area contributed by atoms with Crippen LogP contribution in [-0.4, -0.2) is 58.5 Å². The van der Waals surface area contributed by atoms with Gasteiger partial charge in [-0.1, -0.05) is 0 Å². The highest BCUT2D eigenvalue weighted by Gasteiger charge is 2.34. The van der Waals surface area contributed by atoms with E-state index in [1.165, 1.54) is 0 Å². The van der Waals surface area contributed by atoms with E-state index >= 15 is 0 Å². The van der Waals surface area contributed by atoms with Crippen LogP contribution in [0.15, 0.2) is 0 Å². The second-order valence-electron chi connectivity index (χ2n) is 5.61. The first-order valence-corrected chi connectivity index (χ1v) is 6.75. The number of likely N-dealkylation sites (tertiary alicyclic amines) is 2. The Hall–Kier alpha value is -1.10. The molecule has 5 nitrogen and oxygen atoms in total. The van der Waals surface area contributed by atoms with Gasteiger partial charge in [0.1, 0.15) is 0 Å². The third-order valence-corrected chi connectivity index (χ3v) is 4.34. The maximum Gasteiger partial charge on any atom is 0.308 e. The van der Waals surface area contributed by atoms with Crippen LogP contribution in [0.2, 0.25) is 0 Å². The maximum absolute atomic E-state index is 12.2. The van der Waals surface area contributed by atoms with E-state index in [4.69, 9.17) is 5.11 Å². The van der Waals surface area contributed by atoms with Crippen molar-refractivity contribution < 1.29 is 14.7 Å². The van der Waals surface area contributed by atoms with Crippen LogP contribution in [0.1, 0.15) is 33.1 Å². The van der Waals surface area contributed by atoms with E-state index < -0.39 is 5.97 Å². The van der Waals surface area contributed by atoms with Crippen molar-refractivity contribution >= 4 is 11.9 Å². The van der Waals surface area contributed by atoms with Crippen LogP contribution in [0.3, 0.4) is 0 Å². The average Bonchev–Trinajstić information content (AvgIpc) is 2.91. The third-order valence-electron chi connectivity index (χ3n) is 4.34. The molecule has 2 aliphatic rings. The van der Waals surface area contributed by atoms with Crippen LogP contribution in [-0.2, 0) is 9.59 Å². The highest BCUT2D eigenvalue weighted by Crippen LogP contribution is 2.24. The van der Waals surface area contributed by atoms with Gasteiger partial charge >= 0.3 is 5.97 Å². The van der Waals surface area contributed by atoms with Crippen LogP contribution in [0, 0.1) is 5.92 Å². The standard InChI is InChI=1S/C13H22N2O3/c1-9-3-4-10(2)15(9)8-12(16)14-6-5-11(7-14)13(17)18/h9-11H,3-8H2,1-2H3,(H,17,18). The summed E-state index contributed by atoms with van der Waals surface area (Å²) in [5, 5.41) is 8.93. The highest BCUT2D eigenvalue weighted by atomic mass is 16.4. The number of hydrogen-bond donors (Lipinski definition) is 1. The van der Waals surface area contributed by atoms with Crippen molar-refractivity contribution in [1.29, 1.82) is 0 Å². The first kappa shape index (κ1) is 13.3. The first-order valence-electron chi connectivity index (χ1n) is 6.75. The maximum atomic E-state index is 12.2. The van der Waals surface area contributed by atoms with Crippen molar-refractivity contribution in [1.82, 2.24) is 9.80 Å². The van der Waals surface area contributed by atoms with Gasteiger partial charge in [-0.3, -0.25) is 14.5 Å². The van der Waals surface area contributed by atoms with E-state index in [0.717, 1.165) is 12.8 Å². The molecule has 0 saturated carbocycles. The molecule has 0 aromatic rings. The van der Waals surface area contributed by atoms with E-state index in [0.29, 0.717) is 38.1 Å². The van der Waals surface area contributed by atoms with Gasteiger partial charge in [-0.15, -0.1) is 0 Å². The molecule has 0 radical (unpaired) electrons. The minimum absolute atomic E-state index is 0.0827. The summed E-state index contributed by atoms with van der Waals surface area (Å²) >= 11 is 0. The predicted octanol–water partition coefficient (Wildman–Crippen LogP) is 0.792.